The molecule has 0 aromatic heterocycles. The summed E-state index contributed by atoms with van der Waals surface area (Å²) in [6.07, 6.45) is -0.667. The summed E-state index contributed by atoms with van der Waals surface area (Å²) in [5.74, 6) is -1.96. The molecule has 0 spiro atoms. The van der Waals surface area contributed by atoms with Crippen molar-refractivity contribution in [3.63, 3.8) is 0 Å². The first kappa shape index (κ1) is 29.6. The van der Waals surface area contributed by atoms with Gasteiger partial charge in [0.25, 0.3) is 0 Å². The Hall–Kier alpha value is -0.310. The van der Waals surface area contributed by atoms with E-state index in [-0.39, 0.29) is 59.1 Å². The van der Waals surface area contributed by atoms with Gasteiger partial charge in [0.15, 0.2) is 0 Å². The molecule has 0 unspecified atom stereocenters. The molecule has 0 bridgehead atoms. The van der Waals surface area contributed by atoms with Crippen molar-refractivity contribution in [3.8, 4) is 0 Å². The topological polar surface area (TPSA) is 138 Å². The van der Waals surface area contributed by atoms with Crippen LogP contribution >= 0.6 is 0 Å². The van der Waals surface area contributed by atoms with Crippen molar-refractivity contribution in [1.82, 2.24) is 0 Å². The molecule has 0 aliphatic heterocycles. The maximum Gasteiger partial charge on any atom is 1.00 e. The molecule has 2 N–H and O–H groups in total. The predicted octanol–water partition coefficient (Wildman–Crippen LogP) is -7.93. The molecule has 0 radical (unpaired) electrons. The molecule has 0 aliphatic rings. The van der Waals surface area contributed by atoms with Crippen molar-refractivity contribution in [3.05, 3.63) is 25.3 Å². The van der Waals surface area contributed by atoms with Crippen LogP contribution in [0.2, 0.25) is 0 Å². The fraction of sp³-hybridized carbons (Fsp3) is 0. The number of rotatable bonds is 2. The van der Waals surface area contributed by atoms with Crippen molar-refractivity contribution in [2.45, 2.75) is 0 Å². The summed E-state index contributed by atoms with van der Waals surface area (Å²) in [5.41, 5.74) is 0. The van der Waals surface area contributed by atoms with Crippen LogP contribution in [0.1, 0.15) is 0 Å². The van der Waals surface area contributed by atoms with E-state index >= 15 is 0 Å². The molecule has 0 saturated heterocycles. The van der Waals surface area contributed by atoms with Crippen LogP contribution in [-0.4, -0.2) is 28.3 Å². The van der Waals surface area contributed by atoms with E-state index in [1.54, 1.807) is 0 Å². The Morgan fingerprint density at radius 2 is 0.938 bits per heavy atom. The van der Waals surface area contributed by atoms with Gasteiger partial charge in [0.2, 0.25) is 0 Å². The molecule has 0 atom stereocenters. The maximum atomic E-state index is 9.25. The van der Waals surface area contributed by atoms with Crippen LogP contribution in [-0.2, 0) is 9.59 Å². The van der Waals surface area contributed by atoms with Gasteiger partial charge in [-0.2, -0.15) is 0 Å². The number of carbonyl (C=O) groups is 3. The van der Waals surface area contributed by atoms with Gasteiger partial charge in [-0.1, -0.05) is 13.2 Å². The van der Waals surface area contributed by atoms with Crippen molar-refractivity contribution in [2.75, 3.05) is 0 Å². The Morgan fingerprint density at radius 1 is 0.875 bits per heavy atom. The van der Waals surface area contributed by atoms with Crippen LogP contribution in [0.25, 0.3) is 0 Å². The number of carboxylic acid groups (broad SMARTS) is 4. The van der Waals surface area contributed by atoms with E-state index < -0.39 is 18.1 Å². The Balaban J connectivity index is -0.0000000358. The number of carboxylic acids is 2. The molecule has 9 heteroatoms. The van der Waals surface area contributed by atoms with Crippen LogP contribution in [0.5, 0.6) is 0 Å². The fourth-order valence-corrected chi connectivity index (χ4v) is 0. The molecule has 0 fully saturated rings. The Labute approximate surface area is 136 Å². The first-order valence-corrected chi connectivity index (χ1v) is 2.86. The summed E-state index contributed by atoms with van der Waals surface area (Å²) in [4.78, 5) is 26.8. The predicted molar refractivity (Wildman–Crippen MR) is 41.1 cm³/mol. The second-order valence-electron chi connectivity index (χ2n) is 1.33. The summed E-state index contributed by atoms with van der Waals surface area (Å²) < 4.78 is 0. The molecule has 0 rings (SSSR count). The Bertz CT molecular complexity index is 205. The molecular weight excluding hydrogens is 242 g/mol. The van der Waals surface area contributed by atoms with Gasteiger partial charge in [0, 0.05) is 12.2 Å². The maximum absolute atomic E-state index is 9.25. The summed E-state index contributed by atoms with van der Waals surface area (Å²) in [6, 6.07) is 0. The zero-order chi connectivity index (χ0) is 12.1. The van der Waals surface area contributed by atoms with E-state index in [1.165, 1.54) is 0 Å². The smallest absolute Gasteiger partial charge is 0.652 e. The SMILES string of the molecule is C=CC(=O)O.C=CC(=O)O.O=C([O-])[O-].[Na+].[Na+]. The van der Waals surface area contributed by atoms with Crippen LogP contribution < -0.4 is 69.3 Å². The summed E-state index contributed by atoms with van der Waals surface area (Å²) in [5, 5.41) is 31.9. The minimum Gasteiger partial charge on any atom is -0.652 e. The molecule has 0 aromatic carbocycles. The van der Waals surface area contributed by atoms with E-state index in [0.717, 1.165) is 12.2 Å². The molecule has 0 aromatic rings. The van der Waals surface area contributed by atoms with Crippen LogP contribution in [0, 0.1) is 0 Å². The molecule has 0 aliphatic carbocycles. The third-order valence-corrected chi connectivity index (χ3v) is 0.349. The first-order chi connectivity index (χ1) is 6.27. The van der Waals surface area contributed by atoms with Gasteiger partial charge in [-0.05, 0) is 6.16 Å². The monoisotopic (exact) mass is 250 g/mol. The minimum atomic E-state index is -2.33. The van der Waals surface area contributed by atoms with Crippen molar-refractivity contribution in [2.24, 2.45) is 0 Å². The second-order valence-corrected chi connectivity index (χ2v) is 1.33. The quantitative estimate of drug-likeness (QED) is 0.366. The number of carbonyl (C=O) groups excluding carboxylic acids is 1. The van der Waals surface area contributed by atoms with E-state index in [0.29, 0.717) is 0 Å². The van der Waals surface area contributed by atoms with E-state index in [4.69, 9.17) is 25.2 Å². The number of hydrogen-bond acceptors (Lipinski definition) is 5. The Morgan fingerprint density at radius 3 is 0.938 bits per heavy atom. The van der Waals surface area contributed by atoms with Gasteiger partial charge in [0.1, 0.15) is 0 Å². The Kier molecular flexibility index (Phi) is 44.6. The standard InChI is InChI=1S/2C3H4O2.CH2O3.2Na/c2*1-2-3(4)5;2-1(3)4;;/h2*2H,1H2,(H,4,5);(H2,2,3,4);;/q;;;2*+1/p-2. The number of aliphatic carboxylic acids is 2. The minimum absolute atomic E-state index is 0. The zero-order valence-corrected chi connectivity index (χ0v) is 13.0. The summed E-state index contributed by atoms with van der Waals surface area (Å²) in [7, 11) is 0. The third kappa shape index (κ3) is 162. The largest absolute Gasteiger partial charge is 1.00 e. The molecule has 0 amide bonds. The second kappa shape index (κ2) is 24.1. The fourth-order valence-electron chi connectivity index (χ4n) is 0. The van der Waals surface area contributed by atoms with E-state index in [1.807, 2.05) is 0 Å². The van der Waals surface area contributed by atoms with Crippen molar-refractivity contribution >= 4 is 18.1 Å². The van der Waals surface area contributed by atoms with E-state index in [2.05, 4.69) is 13.2 Å². The summed E-state index contributed by atoms with van der Waals surface area (Å²) in [6.45, 7) is 5.92. The molecule has 80 valence electrons. The van der Waals surface area contributed by atoms with Gasteiger partial charge in [-0.25, -0.2) is 9.59 Å². The van der Waals surface area contributed by atoms with Crippen LogP contribution in [0.4, 0.5) is 4.79 Å². The molecule has 7 nitrogen and oxygen atoms in total. The van der Waals surface area contributed by atoms with Gasteiger partial charge in [-0.3, -0.25) is 0 Å². The average molecular weight is 250 g/mol. The molecule has 0 heterocycles. The third-order valence-electron chi connectivity index (χ3n) is 0.349. The van der Waals surface area contributed by atoms with E-state index in [9.17, 15) is 9.59 Å². The van der Waals surface area contributed by atoms with Gasteiger partial charge in [0.05, 0.1) is 0 Å². The first-order valence-electron chi connectivity index (χ1n) is 2.86. The molecule has 16 heavy (non-hydrogen) atoms. The molecular formula is C7H8Na2O7. The van der Waals surface area contributed by atoms with Crippen molar-refractivity contribution in [1.29, 1.82) is 0 Å². The summed E-state index contributed by atoms with van der Waals surface area (Å²) >= 11 is 0. The van der Waals surface area contributed by atoms with Crippen LogP contribution in [0.3, 0.4) is 0 Å². The average Bonchev–Trinajstić information content (AvgIpc) is 2.04. The van der Waals surface area contributed by atoms with Gasteiger partial charge in [-0.15, -0.1) is 0 Å². The van der Waals surface area contributed by atoms with Crippen molar-refractivity contribution < 1.29 is 93.9 Å². The molecule has 0 saturated carbocycles. The van der Waals surface area contributed by atoms with Gasteiger partial charge < -0.3 is 25.2 Å². The zero-order valence-electron chi connectivity index (χ0n) is 9.00. The van der Waals surface area contributed by atoms with Gasteiger partial charge >= 0.3 is 71.1 Å². The van der Waals surface area contributed by atoms with Crippen LogP contribution in [0.15, 0.2) is 25.3 Å². The normalized spacial score (nSPS) is 5.50. The number of hydrogen-bond donors (Lipinski definition) is 2.